The van der Waals surface area contributed by atoms with Gasteiger partial charge < -0.3 is 4.74 Å². The van der Waals surface area contributed by atoms with Gasteiger partial charge in [-0.1, -0.05) is 35.3 Å². The predicted molar refractivity (Wildman–Crippen MR) is 123 cm³/mol. The first kappa shape index (κ1) is 21.5. The van der Waals surface area contributed by atoms with Crippen molar-refractivity contribution < 1.29 is 4.74 Å². The maximum absolute atomic E-state index is 6.08. The lowest BCUT2D eigenvalue weighted by Gasteiger charge is -2.16. The number of nitrogens with zero attached hydrogens (tertiary/aromatic N) is 4. The lowest BCUT2D eigenvalue weighted by molar-refractivity contribution is 0.0967. The largest absolute Gasteiger partial charge is 0.376 e. The second kappa shape index (κ2) is 9.62. The van der Waals surface area contributed by atoms with Gasteiger partial charge in [0.2, 0.25) is 0 Å². The number of ether oxygens (including phenoxy) is 1. The monoisotopic (exact) mass is 462 g/mol. The van der Waals surface area contributed by atoms with Gasteiger partial charge in [0.15, 0.2) is 10.6 Å². The average molecular weight is 463 g/mol. The van der Waals surface area contributed by atoms with Crippen molar-refractivity contribution in [2.75, 3.05) is 13.7 Å². The van der Waals surface area contributed by atoms with Crippen molar-refractivity contribution in [3.8, 4) is 11.4 Å². The van der Waals surface area contributed by atoms with E-state index in [1.807, 2.05) is 53.2 Å². The van der Waals surface area contributed by atoms with Crippen LogP contribution < -0.4 is 0 Å². The van der Waals surface area contributed by atoms with E-state index in [2.05, 4.69) is 16.5 Å². The second-order valence-electron chi connectivity index (χ2n) is 7.64. The minimum Gasteiger partial charge on any atom is -0.376 e. The molecule has 1 aliphatic heterocycles. The molecule has 0 saturated carbocycles. The normalized spacial score (nSPS) is 16.5. The summed E-state index contributed by atoms with van der Waals surface area (Å²) < 4.78 is 10.5. The van der Waals surface area contributed by atoms with Gasteiger partial charge in [-0.3, -0.25) is 9.47 Å². The fraction of sp³-hybridized carbons (Fsp3) is 0.364. The van der Waals surface area contributed by atoms with Gasteiger partial charge in [0.1, 0.15) is 0 Å². The Morgan fingerprint density at radius 3 is 2.40 bits per heavy atom. The lowest BCUT2D eigenvalue weighted by Crippen LogP contribution is -2.23. The first-order valence-electron chi connectivity index (χ1n) is 9.98. The molecule has 8 heteroatoms. The molecule has 3 aromatic rings. The van der Waals surface area contributed by atoms with Crippen LogP contribution in [-0.2, 0) is 24.5 Å². The summed E-state index contributed by atoms with van der Waals surface area (Å²) in [5.41, 5.74) is 2.17. The minimum absolute atomic E-state index is 0.173. The molecule has 0 amide bonds. The molecule has 0 spiro atoms. The van der Waals surface area contributed by atoms with E-state index in [4.69, 9.17) is 45.3 Å². The molecule has 30 heavy (non-hydrogen) atoms. The van der Waals surface area contributed by atoms with Crippen molar-refractivity contribution in [2.24, 2.45) is 0 Å². The molecule has 0 radical (unpaired) electrons. The molecule has 0 bridgehead atoms. The van der Waals surface area contributed by atoms with Gasteiger partial charge in [0, 0.05) is 28.8 Å². The summed E-state index contributed by atoms with van der Waals surface area (Å²) in [6, 6.07) is 15.6. The van der Waals surface area contributed by atoms with Gasteiger partial charge in [-0.05, 0) is 74.1 Å². The lowest BCUT2D eigenvalue weighted by atomic mass is 10.2. The summed E-state index contributed by atoms with van der Waals surface area (Å²) in [5, 5.41) is 6.30. The highest BCUT2D eigenvalue weighted by Crippen LogP contribution is 2.24. The van der Waals surface area contributed by atoms with E-state index in [1.54, 1.807) is 0 Å². The Balaban J connectivity index is 1.59. The topological polar surface area (TPSA) is 35.2 Å². The summed E-state index contributed by atoms with van der Waals surface area (Å²) in [7, 11) is 2.05. The smallest absolute Gasteiger partial charge is 0.199 e. The SMILES string of the molecule is CN(Cc1ccc(Cl)cc1)Cn1nc(-c2ccc(Cl)cc2)n(C[C@@H]2CCCO2)c1=S. The maximum atomic E-state index is 6.08. The van der Waals surface area contributed by atoms with Crippen LogP contribution in [-0.4, -0.2) is 39.0 Å². The number of aromatic nitrogens is 3. The van der Waals surface area contributed by atoms with E-state index in [0.29, 0.717) is 23.0 Å². The fourth-order valence-corrected chi connectivity index (χ4v) is 4.19. The molecule has 1 atom stereocenters. The van der Waals surface area contributed by atoms with Crippen molar-refractivity contribution in [3.63, 3.8) is 0 Å². The molecule has 1 aliphatic rings. The van der Waals surface area contributed by atoms with Crippen LogP contribution >= 0.6 is 35.4 Å². The number of rotatable bonds is 7. The maximum Gasteiger partial charge on any atom is 0.199 e. The highest BCUT2D eigenvalue weighted by Gasteiger charge is 2.21. The minimum atomic E-state index is 0.173. The Morgan fingerprint density at radius 2 is 1.77 bits per heavy atom. The molecule has 1 fully saturated rings. The zero-order chi connectivity index (χ0) is 21.1. The molecule has 0 unspecified atom stereocenters. The van der Waals surface area contributed by atoms with Crippen LogP contribution in [0.5, 0.6) is 0 Å². The molecule has 1 aromatic heterocycles. The van der Waals surface area contributed by atoms with E-state index in [0.717, 1.165) is 42.4 Å². The van der Waals surface area contributed by atoms with Crippen molar-refractivity contribution in [1.29, 1.82) is 0 Å². The molecule has 1 saturated heterocycles. The second-order valence-corrected chi connectivity index (χ2v) is 8.88. The number of hydrogen-bond donors (Lipinski definition) is 0. The van der Waals surface area contributed by atoms with Crippen LogP contribution in [0.1, 0.15) is 18.4 Å². The summed E-state index contributed by atoms with van der Waals surface area (Å²) >= 11 is 17.9. The Kier molecular flexibility index (Phi) is 6.91. The van der Waals surface area contributed by atoms with E-state index in [1.165, 1.54) is 5.56 Å². The summed E-state index contributed by atoms with van der Waals surface area (Å²) in [5.74, 6) is 0.840. The third-order valence-corrected chi connectivity index (χ3v) is 6.11. The fourth-order valence-electron chi connectivity index (χ4n) is 3.68. The Labute approximate surface area is 191 Å². The van der Waals surface area contributed by atoms with Crippen molar-refractivity contribution in [1.82, 2.24) is 19.2 Å². The molecular formula is C22H24Cl2N4OS. The van der Waals surface area contributed by atoms with E-state index < -0.39 is 0 Å². The molecular weight excluding hydrogens is 439 g/mol. The van der Waals surface area contributed by atoms with E-state index in [-0.39, 0.29) is 6.10 Å². The van der Waals surface area contributed by atoms with Crippen molar-refractivity contribution >= 4 is 35.4 Å². The van der Waals surface area contributed by atoms with E-state index in [9.17, 15) is 0 Å². The molecule has 2 heterocycles. The molecule has 158 valence electrons. The molecule has 0 N–H and O–H groups in total. The third kappa shape index (κ3) is 5.13. The molecule has 4 rings (SSSR count). The number of benzene rings is 2. The van der Waals surface area contributed by atoms with Crippen LogP contribution in [0.2, 0.25) is 10.0 Å². The average Bonchev–Trinajstić information content (AvgIpc) is 3.34. The van der Waals surface area contributed by atoms with Crippen molar-refractivity contribution in [2.45, 2.75) is 38.7 Å². The van der Waals surface area contributed by atoms with Crippen LogP contribution in [0.3, 0.4) is 0 Å². The van der Waals surface area contributed by atoms with Gasteiger partial charge in [-0.2, -0.15) is 5.10 Å². The summed E-state index contributed by atoms with van der Waals surface area (Å²) in [6.45, 7) is 2.87. The van der Waals surface area contributed by atoms with Crippen LogP contribution in [0.25, 0.3) is 11.4 Å². The molecule has 2 aromatic carbocycles. The van der Waals surface area contributed by atoms with Gasteiger partial charge in [0.25, 0.3) is 0 Å². The highest BCUT2D eigenvalue weighted by atomic mass is 35.5. The zero-order valence-corrected chi connectivity index (χ0v) is 19.1. The third-order valence-electron chi connectivity index (χ3n) is 5.18. The standard InChI is InChI=1S/C22H24Cl2N4OS/c1-26(13-16-4-8-18(23)9-5-16)15-28-22(30)27(14-20-3-2-12-29-20)21(25-28)17-6-10-19(24)11-7-17/h4-11,20H,2-3,12-15H2,1H3/t20-/m0/s1. The molecule has 5 nitrogen and oxygen atoms in total. The van der Waals surface area contributed by atoms with Gasteiger partial charge >= 0.3 is 0 Å². The first-order chi connectivity index (χ1) is 14.5. The zero-order valence-electron chi connectivity index (χ0n) is 16.8. The van der Waals surface area contributed by atoms with Crippen LogP contribution in [0.15, 0.2) is 48.5 Å². The van der Waals surface area contributed by atoms with Gasteiger partial charge in [-0.15, -0.1) is 0 Å². The molecule has 0 aliphatic carbocycles. The summed E-state index contributed by atoms with van der Waals surface area (Å²) in [4.78, 5) is 2.17. The van der Waals surface area contributed by atoms with Crippen LogP contribution in [0.4, 0.5) is 0 Å². The van der Waals surface area contributed by atoms with E-state index >= 15 is 0 Å². The Hall–Kier alpha value is -1.70. The quantitative estimate of drug-likeness (QED) is 0.424. The van der Waals surface area contributed by atoms with Gasteiger partial charge in [0.05, 0.1) is 19.3 Å². The Morgan fingerprint density at radius 1 is 1.10 bits per heavy atom. The number of halogens is 2. The summed E-state index contributed by atoms with van der Waals surface area (Å²) in [6.07, 6.45) is 2.31. The number of hydrogen-bond acceptors (Lipinski definition) is 4. The van der Waals surface area contributed by atoms with Crippen molar-refractivity contribution in [3.05, 3.63) is 68.9 Å². The predicted octanol–water partition coefficient (Wildman–Crippen LogP) is 5.66. The highest BCUT2D eigenvalue weighted by molar-refractivity contribution is 7.71. The van der Waals surface area contributed by atoms with Crippen LogP contribution in [0, 0.1) is 4.77 Å². The Bertz CT molecular complexity index is 1040. The van der Waals surface area contributed by atoms with Gasteiger partial charge in [-0.25, -0.2) is 4.68 Å². The first-order valence-corrected chi connectivity index (χ1v) is 11.1.